The van der Waals surface area contributed by atoms with Crippen molar-refractivity contribution in [2.75, 3.05) is 7.11 Å². The third kappa shape index (κ3) is 3.26. The molecule has 19 heavy (non-hydrogen) atoms. The predicted octanol–water partition coefficient (Wildman–Crippen LogP) is 3.07. The Morgan fingerprint density at radius 1 is 1.05 bits per heavy atom. The van der Waals surface area contributed by atoms with E-state index >= 15 is 0 Å². The van der Waals surface area contributed by atoms with E-state index in [2.05, 4.69) is 13.0 Å². The molecule has 0 saturated heterocycles. The van der Waals surface area contributed by atoms with Crippen molar-refractivity contribution in [3.63, 3.8) is 0 Å². The van der Waals surface area contributed by atoms with E-state index in [0.717, 1.165) is 11.1 Å². The number of hydrogen-bond donors (Lipinski definition) is 1. The van der Waals surface area contributed by atoms with Crippen LogP contribution < -0.4 is 9.47 Å². The van der Waals surface area contributed by atoms with E-state index in [9.17, 15) is 0 Å². The monoisotopic (exact) mass is 258 g/mol. The van der Waals surface area contributed by atoms with Crippen LogP contribution in [0, 0.1) is 6.92 Å². The van der Waals surface area contributed by atoms with E-state index in [0.29, 0.717) is 18.1 Å². The second kappa shape index (κ2) is 6.25. The third-order valence-electron chi connectivity index (χ3n) is 3.06. The van der Waals surface area contributed by atoms with Gasteiger partial charge in [0.15, 0.2) is 11.5 Å². The van der Waals surface area contributed by atoms with Crippen LogP contribution in [0.5, 0.6) is 11.5 Å². The molecular formula is C16H18O3. The molecule has 0 aliphatic carbocycles. The molecule has 0 heterocycles. The summed E-state index contributed by atoms with van der Waals surface area (Å²) >= 11 is 0. The molecule has 0 aromatic heterocycles. The minimum absolute atomic E-state index is 0.00552. The Balaban J connectivity index is 2.13. The molecule has 0 amide bonds. The zero-order valence-electron chi connectivity index (χ0n) is 11.2. The van der Waals surface area contributed by atoms with Crippen molar-refractivity contribution in [2.24, 2.45) is 0 Å². The lowest BCUT2D eigenvalue weighted by Gasteiger charge is -2.12. The molecule has 0 spiro atoms. The average Bonchev–Trinajstić information content (AvgIpc) is 2.46. The second-order valence-electron chi connectivity index (χ2n) is 4.36. The van der Waals surface area contributed by atoms with Gasteiger partial charge in [-0.25, -0.2) is 0 Å². The van der Waals surface area contributed by atoms with Crippen molar-refractivity contribution >= 4 is 0 Å². The molecule has 3 nitrogen and oxygen atoms in total. The van der Waals surface area contributed by atoms with Crippen molar-refractivity contribution in [1.29, 1.82) is 0 Å². The molecule has 0 bridgehead atoms. The van der Waals surface area contributed by atoms with Gasteiger partial charge in [0, 0.05) is 0 Å². The first kappa shape index (κ1) is 13.4. The SMILES string of the molecule is COc1cc(CO)ccc1OCc1ccccc1C. The number of aliphatic hydroxyl groups is 1. The molecular weight excluding hydrogens is 240 g/mol. The smallest absolute Gasteiger partial charge is 0.161 e. The van der Waals surface area contributed by atoms with Crippen LogP contribution in [0.2, 0.25) is 0 Å². The lowest BCUT2D eigenvalue weighted by Crippen LogP contribution is -2.00. The molecule has 100 valence electrons. The second-order valence-corrected chi connectivity index (χ2v) is 4.36. The number of rotatable bonds is 5. The van der Waals surface area contributed by atoms with Crippen LogP contribution in [-0.2, 0) is 13.2 Å². The molecule has 0 radical (unpaired) electrons. The van der Waals surface area contributed by atoms with Gasteiger partial charge in [-0.1, -0.05) is 30.3 Å². The number of aryl methyl sites for hydroxylation is 1. The van der Waals surface area contributed by atoms with Crippen LogP contribution in [0.15, 0.2) is 42.5 Å². The van der Waals surface area contributed by atoms with E-state index in [4.69, 9.17) is 14.6 Å². The Morgan fingerprint density at radius 3 is 2.53 bits per heavy atom. The minimum atomic E-state index is -0.00552. The molecule has 2 aromatic carbocycles. The van der Waals surface area contributed by atoms with Gasteiger partial charge < -0.3 is 14.6 Å². The number of methoxy groups -OCH3 is 1. The van der Waals surface area contributed by atoms with Gasteiger partial charge in [-0.05, 0) is 35.7 Å². The molecule has 0 atom stereocenters. The largest absolute Gasteiger partial charge is 0.493 e. The first-order valence-electron chi connectivity index (χ1n) is 6.19. The van der Waals surface area contributed by atoms with E-state index in [1.54, 1.807) is 13.2 Å². The average molecular weight is 258 g/mol. The maximum atomic E-state index is 9.10. The highest BCUT2D eigenvalue weighted by atomic mass is 16.5. The summed E-state index contributed by atoms with van der Waals surface area (Å²) in [4.78, 5) is 0. The number of hydrogen-bond acceptors (Lipinski definition) is 3. The summed E-state index contributed by atoms with van der Waals surface area (Å²) in [5.74, 6) is 1.32. The van der Waals surface area contributed by atoms with Crippen LogP contribution >= 0.6 is 0 Å². The lowest BCUT2D eigenvalue weighted by atomic mass is 10.1. The molecule has 0 aliphatic heterocycles. The van der Waals surface area contributed by atoms with Gasteiger partial charge in [0.1, 0.15) is 6.61 Å². The summed E-state index contributed by atoms with van der Waals surface area (Å²) in [5.41, 5.74) is 3.16. The molecule has 3 heteroatoms. The van der Waals surface area contributed by atoms with Crippen LogP contribution in [-0.4, -0.2) is 12.2 Å². The third-order valence-corrected chi connectivity index (χ3v) is 3.06. The van der Waals surface area contributed by atoms with Gasteiger partial charge in [-0.3, -0.25) is 0 Å². The van der Waals surface area contributed by atoms with Gasteiger partial charge in [0.05, 0.1) is 13.7 Å². The number of benzene rings is 2. The Morgan fingerprint density at radius 2 is 1.84 bits per heavy atom. The highest BCUT2D eigenvalue weighted by molar-refractivity contribution is 5.43. The van der Waals surface area contributed by atoms with E-state index in [-0.39, 0.29) is 6.61 Å². The quantitative estimate of drug-likeness (QED) is 0.895. The molecule has 2 rings (SSSR count). The fourth-order valence-electron chi connectivity index (χ4n) is 1.86. The summed E-state index contributed by atoms with van der Waals surface area (Å²) in [5, 5.41) is 9.10. The van der Waals surface area contributed by atoms with Crippen molar-refractivity contribution in [2.45, 2.75) is 20.1 Å². The standard InChI is InChI=1S/C16H18O3/c1-12-5-3-4-6-14(12)11-19-15-8-7-13(10-17)9-16(15)18-2/h3-9,17H,10-11H2,1-2H3. The van der Waals surface area contributed by atoms with Gasteiger partial charge >= 0.3 is 0 Å². The van der Waals surface area contributed by atoms with Crippen molar-refractivity contribution in [1.82, 2.24) is 0 Å². The van der Waals surface area contributed by atoms with Crippen molar-refractivity contribution in [3.05, 3.63) is 59.2 Å². The molecule has 0 unspecified atom stereocenters. The zero-order chi connectivity index (χ0) is 13.7. The predicted molar refractivity (Wildman–Crippen MR) is 74.4 cm³/mol. The highest BCUT2D eigenvalue weighted by Gasteiger charge is 2.06. The summed E-state index contributed by atoms with van der Waals surface area (Å²) < 4.78 is 11.1. The highest BCUT2D eigenvalue weighted by Crippen LogP contribution is 2.29. The van der Waals surface area contributed by atoms with E-state index < -0.39 is 0 Å². The van der Waals surface area contributed by atoms with Crippen molar-refractivity contribution in [3.8, 4) is 11.5 Å². The molecule has 0 saturated carbocycles. The molecule has 1 N–H and O–H groups in total. The van der Waals surface area contributed by atoms with Gasteiger partial charge in [0.25, 0.3) is 0 Å². The Labute approximate surface area is 113 Å². The Kier molecular flexibility index (Phi) is 4.42. The molecule has 2 aromatic rings. The van der Waals surface area contributed by atoms with Gasteiger partial charge in [-0.15, -0.1) is 0 Å². The van der Waals surface area contributed by atoms with E-state index in [1.165, 1.54) is 5.56 Å². The fourth-order valence-corrected chi connectivity index (χ4v) is 1.86. The summed E-state index contributed by atoms with van der Waals surface area (Å²) in [6, 6.07) is 13.5. The van der Waals surface area contributed by atoms with Gasteiger partial charge in [-0.2, -0.15) is 0 Å². The zero-order valence-corrected chi connectivity index (χ0v) is 11.2. The Bertz CT molecular complexity index is 549. The Hall–Kier alpha value is -2.00. The van der Waals surface area contributed by atoms with Crippen LogP contribution in [0.1, 0.15) is 16.7 Å². The first-order chi connectivity index (χ1) is 9.24. The van der Waals surface area contributed by atoms with E-state index in [1.807, 2.05) is 30.3 Å². The lowest BCUT2D eigenvalue weighted by molar-refractivity contribution is 0.274. The summed E-state index contributed by atoms with van der Waals surface area (Å²) in [6.07, 6.45) is 0. The van der Waals surface area contributed by atoms with Crippen LogP contribution in [0.25, 0.3) is 0 Å². The van der Waals surface area contributed by atoms with Crippen molar-refractivity contribution < 1.29 is 14.6 Å². The van der Waals surface area contributed by atoms with Crippen LogP contribution in [0.4, 0.5) is 0 Å². The normalized spacial score (nSPS) is 10.3. The summed E-state index contributed by atoms with van der Waals surface area (Å²) in [7, 11) is 1.59. The first-order valence-corrected chi connectivity index (χ1v) is 6.19. The minimum Gasteiger partial charge on any atom is -0.493 e. The fraction of sp³-hybridized carbons (Fsp3) is 0.250. The number of ether oxygens (including phenoxy) is 2. The summed E-state index contributed by atoms with van der Waals surface area (Å²) in [6.45, 7) is 2.56. The number of aliphatic hydroxyl groups excluding tert-OH is 1. The molecule has 0 fully saturated rings. The van der Waals surface area contributed by atoms with Gasteiger partial charge in [0.2, 0.25) is 0 Å². The van der Waals surface area contributed by atoms with Crippen LogP contribution in [0.3, 0.4) is 0 Å². The molecule has 0 aliphatic rings. The maximum Gasteiger partial charge on any atom is 0.161 e. The topological polar surface area (TPSA) is 38.7 Å². The maximum absolute atomic E-state index is 9.10.